The van der Waals surface area contributed by atoms with Crippen LogP contribution in [0.1, 0.15) is 25.7 Å². The van der Waals surface area contributed by atoms with Crippen molar-refractivity contribution < 1.29 is 4.79 Å². The zero-order valence-corrected chi connectivity index (χ0v) is 8.25. The van der Waals surface area contributed by atoms with Gasteiger partial charge in [0.1, 0.15) is 0 Å². The van der Waals surface area contributed by atoms with Crippen LogP contribution < -0.4 is 11.1 Å². The number of nitrogens with zero attached hydrogens (tertiary/aromatic N) is 1. The van der Waals surface area contributed by atoms with E-state index in [1.54, 1.807) is 4.90 Å². The van der Waals surface area contributed by atoms with E-state index >= 15 is 0 Å². The van der Waals surface area contributed by atoms with E-state index in [1.807, 2.05) is 7.05 Å². The number of rotatable bonds is 3. The van der Waals surface area contributed by atoms with Crippen LogP contribution in [-0.4, -0.2) is 37.1 Å². The fourth-order valence-corrected chi connectivity index (χ4v) is 1.90. The van der Waals surface area contributed by atoms with Gasteiger partial charge < -0.3 is 16.0 Å². The van der Waals surface area contributed by atoms with Gasteiger partial charge in [0.25, 0.3) is 0 Å². The van der Waals surface area contributed by atoms with Crippen molar-refractivity contribution in [1.82, 2.24) is 10.2 Å². The molecule has 1 aliphatic rings. The van der Waals surface area contributed by atoms with Gasteiger partial charge in [-0.1, -0.05) is 0 Å². The highest BCUT2D eigenvalue weighted by Crippen LogP contribution is 2.18. The van der Waals surface area contributed by atoms with Gasteiger partial charge in [-0.05, 0) is 39.3 Å². The Morgan fingerprint density at radius 3 is 3.00 bits per heavy atom. The first-order chi connectivity index (χ1) is 6.25. The molecule has 1 atom stereocenters. The number of amides is 2. The van der Waals surface area contributed by atoms with Crippen molar-refractivity contribution in [3.8, 4) is 0 Å². The molecule has 1 aliphatic heterocycles. The van der Waals surface area contributed by atoms with Gasteiger partial charge in [-0.3, -0.25) is 0 Å². The average molecular weight is 185 g/mol. The van der Waals surface area contributed by atoms with E-state index in [1.165, 1.54) is 6.42 Å². The number of hydrogen-bond acceptors (Lipinski definition) is 2. The summed E-state index contributed by atoms with van der Waals surface area (Å²) < 4.78 is 0. The summed E-state index contributed by atoms with van der Waals surface area (Å²) in [5.74, 6) is 0. The molecule has 0 bridgehead atoms. The lowest BCUT2D eigenvalue weighted by Crippen LogP contribution is -2.47. The number of primary amides is 1. The quantitative estimate of drug-likeness (QED) is 0.674. The van der Waals surface area contributed by atoms with Crippen molar-refractivity contribution in [3.63, 3.8) is 0 Å². The lowest BCUT2D eigenvalue weighted by molar-refractivity contribution is 0.154. The predicted octanol–water partition coefficient (Wildman–Crippen LogP) is 0.529. The maximum atomic E-state index is 11.1. The Kier molecular flexibility index (Phi) is 4.02. The highest BCUT2D eigenvalue weighted by atomic mass is 16.2. The van der Waals surface area contributed by atoms with Crippen molar-refractivity contribution in [1.29, 1.82) is 0 Å². The summed E-state index contributed by atoms with van der Waals surface area (Å²) >= 11 is 0. The van der Waals surface area contributed by atoms with E-state index in [-0.39, 0.29) is 6.03 Å². The molecule has 1 saturated heterocycles. The topological polar surface area (TPSA) is 58.4 Å². The number of carbonyl (C=O) groups excluding carboxylic acids is 1. The highest BCUT2D eigenvalue weighted by molar-refractivity contribution is 5.72. The number of urea groups is 1. The summed E-state index contributed by atoms with van der Waals surface area (Å²) in [5, 5.41) is 3.10. The minimum Gasteiger partial charge on any atom is -0.351 e. The average Bonchev–Trinajstić information content (AvgIpc) is 2.15. The smallest absolute Gasteiger partial charge is 0.315 e. The third-order valence-electron chi connectivity index (χ3n) is 2.64. The Labute approximate surface area is 79.5 Å². The Morgan fingerprint density at radius 2 is 2.38 bits per heavy atom. The lowest BCUT2D eigenvalue weighted by atomic mass is 10.00. The molecule has 0 aromatic heterocycles. The van der Waals surface area contributed by atoms with E-state index in [0.29, 0.717) is 6.04 Å². The van der Waals surface area contributed by atoms with E-state index in [9.17, 15) is 4.79 Å². The first kappa shape index (κ1) is 10.3. The second-order valence-electron chi connectivity index (χ2n) is 3.57. The van der Waals surface area contributed by atoms with Crippen molar-refractivity contribution in [3.05, 3.63) is 0 Å². The van der Waals surface area contributed by atoms with Gasteiger partial charge >= 0.3 is 6.03 Å². The van der Waals surface area contributed by atoms with Crippen LogP contribution in [0.25, 0.3) is 0 Å². The van der Waals surface area contributed by atoms with Crippen LogP contribution in [0.4, 0.5) is 4.79 Å². The van der Waals surface area contributed by atoms with Crippen molar-refractivity contribution in [2.75, 3.05) is 20.1 Å². The number of hydrogen-bond donors (Lipinski definition) is 2. The maximum absolute atomic E-state index is 11.1. The van der Waals surface area contributed by atoms with Gasteiger partial charge in [-0.25, -0.2) is 4.79 Å². The maximum Gasteiger partial charge on any atom is 0.315 e. The molecule has 1 fully saturated rings. The van der Waals surface area contributed by atoms with Crippen LogP contribution in [0.2, 0.25) is 0 Å². The van der Waals surface area contributed by atoms with E-state index < -0.39 is 0 Å². The molecule has 2 amide bonds. The number of likely N-dealkylation sites (tertiary alicyclic amines) is 1. The van der Waals surface area contributed by atoms with E-state index in [0.717, 1.165) is 32.4 Å². The third kappa shape index (κ3) is 2.88. The Balaban J connectivity index is 2.41. The molecule has 1 rings (SSSR count). The normalized spacial score (nSPS) is 23.2. The largest absolute Gasteiger partial charge is 0.351 e. The number of nitrogens with two attached hydrogens (primary N) is 1. The summed E-state index contributed by atoms with van der Waals surface area (Å²) in [6.45, 7) is 1.79. The van der Waals surface area contributed by atoms with Crippen LogP contribution >= 0.6 is 0 Å². The summed E-state index contributed by atoms with van der Waals surface area (Å²) in [6, 6.07) is 0.0968. The Morgan fingerprint density at radius 1 is 1.62 bits per heavy atom. The fourth-order valence-electron chi connectivity index (χ4n) is 1.90. The molecule has 4 nitrogen and oxygen atoms in total. The van der Waals surface area contributed by atoms with Crippen molar-refractivity contribution >= 4 is 6.03 Å². The molecule has 0 aromatic rings. The van der Waals surface area contributed by atoms with Crippen LogP contribution in [-0.2, 0) is 0 Å². The van der Waals surface area contributed by atoms with Gasteiger partial charge in [-0.15, -0.1) is 0 Å². The number of nitrogens with one attached hydrogen (secondary N) is 1. The zero-order valence-electron chi connectivity index (χ0n) is 8.25. The highest BCUT2D eigenvalue weighted by Gasteiger charge is 2.23. The first-order valence-electron chi connectivity index (χ1n) is 4.96. The summed E-state index contributed by atoms with van der Waals surface area (Å²) in [4.78, 5) is 12.9. The Bertz CT molecular complexity index is 172. The molecule has 0 aliphatic carbocycles. The van der Waals surface area contributed by atoms with E-state index in [2.05, 4.69) is 5.32 Å². The molecule has 1 heterocycles. The zero-order chi connectivity index (χ0) is 9.68. The van der Waals surface area contributed by atoms with Gasteiger partial charge in [-0.2, -0.15) is 0 Å². The molecule has 4 heteroatoms. The van der Waals surface area contributed by atoms with Gasteiger partial charge in [0.05, 0.1) is 0 Å². The second-order valence-corrected chi connectivity index (χ2v) is 3.57. The molecule has 0 aromatic carbocycles. The molecule has 0 saturated carbocycles. The van der Waals surface area contributed by atoms with Crippen LogP contribution in [0.3, 0.4) is 0 Å². The van der Waals surface area contributed by atoms with Crippen LogP contribution in [0.15, 0.2) is 0 Å². The fraction of sp³-hybridized carbons (Fsp3) is 0.889. The number of piperidine rings is 1. The molecule has 0 spiro atoms. The Hall–Kier alpha value is -0.770. The predicted molar refractivity (Wildman–Crippen MR) is 52.5 cm³/mol. The van der Waals surface area contributed by atoms with Gasteiger partial charge in [0.2, 0.25) is 0 Å². The molecule has 13 heavy (non-hydrogen) atoms. The van der Waals surface area contributed by atoms with Gasteiger partial charge in [0, 0.05) is 12.6 Å². The minimum absolute atomic E-state index is 0.263. The molecule has 1 unspecified atom stereocenters. The third-order valence-corrected chi connectivity index (χ3v) is 2.64. The summed E-state index contributed by atoms with van der Waals surface area (Å²) in [6.07, 6.45) is 4.43. The molecule has 76 valence electrons. The molecule has 3 N–H and O–H groups in total. The van der Waals surface area contributed by atoms with Crippen LogP contribution in [0, 0.1) is 0 Å². The van der Waals surface area contributed by atoms with Crippen LogP contribution in [0.5, 0.6) is 0 Å². The SMILES string of the molecule is CNCCC1CCCCN1C(N)=O. The molecular weight excluding hydrogens is 166 g/mol. The first-order valence-corrected chi connectivity index (χ1v) is 4.96. The molecule has 0 radical (unpaired) electrons. The summed E-state index contributed by atoms with van der Waals surface area (Å²) in [5.41, 5.74) is 5.30. The number of carbonyl (C=O) groups is 1. The van der Waals surface area contributed by atoms with Gasteiger partial charge in [0.15, 0.2) is 0 Å². The summed E-state index contributed by atoms with van der Waals surface area (Å²) in [7, 11) is 1.93. The minimum atomic E-state index is -0.263. The lowest BCUT2D eigenvalue weighted by Gasteiger charge is -2.34. The standard InChI is InChI=1S/C9H19N3O/c1-11-6-5-8-4-2-3-7-12(8)9(10)13/h8,11H,2-7H2,1H3,(H2,10,13). The van der Waals surface area contributed by atoms with E-state index in [4.69, 9.17) is 5.73 Å². The molecular formula is C9H19N3O. The van der Waals surface area contributed by atoms with Crippen molar-refractivity contribution in [2.45, 2.75) is 31.7 Å². The monoisotopic (exact) mass is 185 g/mol. The van der Waals surface area contributed by atoms with Crippen molar-refractivity contribution in [2.24, 2.45) is 5.73 Å². The second kappa shape index (κ2) is 5.07.